The van der Waals surface area contributed by atoms with Crippen molar-refractivity contribution in [3.05, 3.63) is 92.6 Å². The van der Waals surface area contributed by atoms with Crippen LogP contribution in [0.2, 0.25) is 0 Å². The SMILES string of the molecule is Nc1c(N(Cc2ccccc2)C(=O)CCC2CCCO2)c(=O)[nH]c(=O)n1Cc1ccccc1. The predicted octanol–water partition coefficient (Wildman–Crippen LogP) is 2.66. The van der Waals surface area contributed by atoms with Crippen molar-refractivity contribution in [3.8, 4) is 0 Å². The standard InChI is InChI=1S/C25H28N4O4/c26-23-22(24(31)27-25(32)29(23)17-19-10-5-2-6-11-19)28(16-18-8-3-1-4-9-18)21(30)14-13-20-12-7-15-33-20/h1-6,8-11,20H,7,12-17,26H2,(H,27,31,32). The number of rotatable bonds is 8. The number of aromatic amines is 1. The number of nitrogens with zero attached hydrogens (tertiary/aromatic N) is 2. The molecule has 3 aromatic rings. The van der Waals surface area contributed by atoms with Gasteiger partial charge in [0.15, 0.2) is 5.69 Å². The van der Waals surface area contributed by atoms with Crippen molar-refractivity contribution < 1.29 is 9.53 Å². The summed E-state index contributed by atoms with van der Waals surface area (Å²) >= 11 is 0. The van der Waals surface area contributed by atoms with E-state index in [2.05, 4.69) is 4.98 Å². The first-order valence-corrected chi connectivity index (χ1v) is 11.2. The van der Waals surface area contributed by atoms with Gasteiger partial charge in [-0.05, 0) is 30.4 Å². The summed E-state index contributed by atoms with van der Waals surface area (Å²) < 4.78 is 6.94. The fraction of sp³-hybridized carbons (Fsp3) is 0.320. The van der Waals surface area contributed by atoms with Gasteiger partial charge in [-0.2, -0.15) is 0 Å². The van der Waals surface area contributed by atoms with Gasteiger partial charge in [0.25, 0.3) is 5.56 Å². The first kappa shape index (κ1) is 22.5. The van der Waals surface area contributed by atoms with Crippen LogP contribution in [-0.4, -0.2) is 28.2 Å². The van der Waals surface area contributed by atoms with Crippen LogP contribution < -0.4 is 21.9 Å². The van der Waals surface area contributed by atoms with Crippen molar-refractivity contribution >= 4 is 17.4 Å². The van der Waals surface area contributed by atoms with E-state index in [1.165, 1.54) is 9.47 Å². The van der Waals surface area contributed by atoms with Gasteiger partial charge < -0.3 is 15.4 Å². The maximum Gasteiger partial charge on any atom is 0.330 e. The quantitative estimate of drug-likeness (QED) is 0.550. The number of carbonyl (C=O) groups excluding carboxylic acids is 1. The van der Waals surface area contributed by atoms with Crippen LogP contribution >= 0.6 is 0 Å². The third kappa shape index (κ3) is 5.40. The Morgan fingerprint density at radius 3 is 2.36 bits per heavy atom. The lowest BCUT2D eigenvalue weighted by Crippen LogP contribution is -2.41. The molecule has 0 bridgehead atoms. The highest BCUT2D eigenvalue weighted by Gasteiger charge is 2.26. The fourth-order valence-electron chi connectivity index (χ4n) is 4.11. The average Bonchev–Trinajstić information content (AvgIpc) is 3.34. The van der Waals surface area contributed by atoms with Crippen LogP contribution in [0.3, 0.4) is 0 Å². The second-order valence-corrected chi connectivity index (χ2v) is 8.20. The second-order valence-electron chi connectivity index (χ2n) is 8.20. The molecule has 2 heterocycles. The molecule has 1 unspecified atom stereocenters. The van der Waals surface area contributed by atoms with Crippen LogP contribution in [0.1, 0.15) is 36.8 Å². The third-order valence-corrected chi connectivity index (χ3v) is 5.86. The summed E-state index contributed by atoms with van der Waals surface area (Å²) in [7, 11) is 0. The van der Waals surface area contributed by atoms with Crippen LogP contribution in [0.15, 0.2) is 70.3 Å². The summed E-state index contributed by atoms with van der Waals surface area (Å²) in [6.45, 7) is 1.06. The molecule has 2 aromatic carbocycles. The number of hydrogen-bond acceptors (Lipinski definition) is 5. The molecule has 4 rings (SSSR count). The van der Waals surface area contributed by atoms with E-state index in [1.54, 1.807) is 0 Å². The van der Waals surface area contributed by atoms with E-state index in [-0.39, 0.29) is 43.0 Å². The van der Waals surface area contributed by atoms with Crippen LogP contribution in [0, 0.1) is 0 Å². The van der Waals surface area contributed by atoms with Gasteiger partial charge in [0.1, 0.15) is 5.82 Å². The van der Waals surface area contributed by atoms with Gasteiger partial charge in [0.05, 0.1) is 19.2 Å². The molecule has 0 radical (unpaired) electrons. The molecular formula is C25H28N4O4. The molecule has 3 N–H and O–H groups in total. The molecule has 1 aliphatic rings. The van der Waals surface area contributed by atoms with Gasteiger partial charge in [-0.15, -0.1) is 0 Å². The Morgan fingerprint density at radius 2 is 1.73 bits per heavy atom. The topological polar surface area (TPSA) is 110 Å². The first-order chi connectivity index (χ1) is 16.0. The van der Waals surface area contributed by atoms with E-state index in [1.807, 2.05) is 60.7 Å². The van der Waals surface area contributed by atoms with Crippen LogP contribution in [0.25, 0.3) is 0 Å². The summed E-state index contributed by atoms with van der Waals surface area (Å²) in [5.74, 6) is -0.273. The number of benzene rings is 2. The van der Waals surface area contributed by atoms with Crippen LogP contribution in [-0.2, 0) is 22.6 Å². The number of amides is 1. The van der Waals surface area contributed by atoms with Crippen molar-refractivity contribution in [3.63, 3.8) is 0 Å². The molecule has 8 nitrogen and oxygen atoms in total. The van der Waals surface area contributed by atoms with Crippen molar-refractivity contribution in [1.82, 2.24) is 9.55 Å². The monoisotopic (exact) mass is 448 g/mol. The lowest BCUT2D eigenvalue weighted by atomic mass is 10.1. The minimum atomic E-state index is -0.678. The Labute approximate surface area is 191 Å². The Balaban J connectivity index is 1.70. The van der Waals surface area contributed by atoms with Gasteiger partial charge in [-0.1, -0.05) is 60.7 Å². The summed E-state index contributed by atoms with van der Waals surface area (Å²) in [4.78, 5) is 42.5. The van der Waals surface area contributed by atoms with Crippen LogP contribution in [0.5, 0.6) is 0 Å². The molecule has 0 saturated carbocycles. The largest absolute Gasteiger partial charge is 0.383 e. The molecule has 1 fully saturated rings. The van der Waals surface area contributed by atoms with Gasteiger partial charge in [0.2, 0.25) is 5.91 Å². The molecule has 8 heteroatoms. The minimum absolute atomic E-state index is 0.00766. The summed E-state index contributed by atoms with van der Waals surface area (Å²) in [6, 6.07) is 18.7. The number of ether oxygens (including phenoxy) is 1. The van der Waals surface area contributed by atoms with Crippen molar-refractivity contribution in [1.29, 1.82) is 0 Å². The van der Waals surface area contributed by atoms with E-state index >= 15 is 0 Å². The number of nitrogens with one attached hydrogen (secondary N) is 1. The average molecular weight is 449 g/mol. The maximum atomic E-state index is 13.3. The van der Waals surface area contributed by atoms with E-state index in [0.29, 0.717) is 13.0 Å². The van der Waals surface area contributed by atoms with Crippen molar-refractivity contribution in [2.24, 2.45) is 0 Å². The Morgan fingerprint density at radius 1 is 1.06 bits per heavy atom. The summed E-state index contributed by atoms with van der Waals surface area (Å²) in [5.41, 5.74) is 6.77. The minimum Gasteiger partial charge on any atom is -0.383 e. The Bertz CT molecular complexity index is 1200. The van der Waals surface area contributed by atoms with Gasteiger partial charge in [-0.3, -0.25) is 19.1 Å². The number of carbonyl (C=O) groups is 1. The molecule has 33 heavy (non-hydrogen) atoms. The highest BCUT2D eigenvalue weighted by Crippen LogP contribution is 2.23. The zero-order chi connectivity index (χ0) is 23.2. The molecule has 1 amide bonds. The van der Waals surface area contributed by atoms with Crippen molar-refractivity contribution in [2.75, 3.05) is 17.2 Å². The van der Waals surface area contributed by atoms with Gasteiger partial charge >= 0.3 is 5.69 Å². The molecular weight excluding hydrogens is 420 g/mol. The number of nitrogen functional groups attached to an aromatic ring is 1. The third-order valence-electron chi connectivity index (χ3n) is 5.86. The molecule has 1 aromatic heterocycles. The molecule has 172 valence electrons. The van der Waals surface area contributed by atoms with E-state index in [0.717, 1.165) is 24.0 Å². The molecule has 0 aliphatic carbocycles. The fourth-order valence-corrected chi connectivity index (χ4v) is 4.11. The predicted molar refractivity (Wildman–Crippen MR) is 127 cm³/mol. The van der Waals surface area contributed by atoms with E-state index in [9.17, 15) is 14.4 Å². The highest BCUT2D eigenvalue weighted by atomic mass is 16.5. The lowest BCUT2D eigenvalue weighted by Gasteiger charge is -2.25. The number of aromatic nitrogens is 2. The second kappa shape index (κ2) is 10.3. The molecule has 1 aliphatic heterocycles. The Hall–Kier alpha value is -3.65. The Kier molecular flexibility index (Phi) is 7.04. The summed E-state index contributed by atoms with van der Waals surface area (Å²) in [5, 5.41) is 0. The normalized spacial score (nSPS) is 15.5. The van der Waals surface area contributed by atoms with Gasteiger partial charge in [0, 0.05) is 13.0 Å². The lowest BCUT2D eigenvalue weighted by molar-refractivity contribution is -0.119. The van der Waals surface area contributed by atoms with Crippen molar-refractivity contribution in [2.45, 2.75) is 44.9 Å². The number of nitrogens with two attached hydrogens (primary N) is 1. The zero-order valence-corrected chi connectivity index (χ0v) is 18.4. The summed E-state index contributed by atoms with van der Waals surface area (Å²) in [6.07, 6.45) is 2.76. The van der Waals surface area contributed by atoms with Gasteiger partial charge in [-0.25, -0.2) is 4.79 Å². The van der Waals surface area contributed by atoms with E-state index in [4.69, 9.17) is 10.5 Å². The first-order valence-electron chi connectivity index (χ1n) is 11.2. The van der Waals surface area contributed by atoms with E-state index < -0.39 is 11.2 Å². The smallest absolute Gasteiger partial charge is 0.330 e. The number of hydrogen-bond donors (Lipinski definition) is 2. The molecule has 1 atom stereocenters. The highest BCUT2D eigenvalue weighted by molar-refractivity contribution is 5.95. The molecule has 1 saturated heterocycles. The maximum absolute atomic E-state index is 13.3. The zero-order valence-electron chi connectivity index (χ0n) is 18.4. The molecule has 0 spiro atoms. The number of H-pyrrole nitrogens is 1. The number of anilines is 2. The van der Waals surface area contributed by atoms with Crippen LogP contribution in [0.4, 0.5) is 11.5 Å².